The highest BCUT2D eigenvalue weighted by Crippen LogP contribution is 2.18. The highest BCUT2D eigenvalue weighted by Gasteiger charge is 2.22. The predicted octanol–water partition coefficient (Wildman–Crippen LogP) is -1.08. The Hall–Kier alpha value is -1.15. The molecule has 1 atom stereocenters. The maximum Gasteiger partial charge on any atom is 0.236 e. The molecule has 8 heteroatoms. The van der Waals surface area contributed by atoms with Crippen LogP contribution in [0, 0.1) is 0 Å². The van der Waals surface area contributed by atoms with E-state index in [0.717, 1.165) is 19.1 Å². The molecule has 0 aliphatic heterocycles. The van der Waals surface area contributed by atoms with Crippen molar-refractivity contribution in [1.29, 1.82) is 0 Å². The number of carbonyl (C=O) groups excluding carboxylic acids is 2. The third kappa shape index (κ3) is 8.11. The number of nitrogens with one attached hydrogen (secondary N) is 2. The molecule has 0 bridgehead atoms. The predicted molar refractivity (Wildman–Crippen MR) is 75.7 cm³/mol. The number of rotatable bonds is 9. The van der Waals surface area contributed by atoms with Crippen LogP contribution in [0.25, 0.3) is 0 Å². The number of amides is 2. The van der Waals surface area contributed by atoms with E-state index in [4.69, 9.17) is 5.73 Å². The van der Waals surface area contributed by atoms with Crippen LogP contribution in [0.2, 0.25) is 0 Å². The number of carbonyl (C=O) groups is 2. The lowest BCUT2D eigenvalue weighted by atomic mass is 10.2. The molecule has 0 radical (unpaired) electrons. The van der Waals surface area contributed by atoms with Gasteiger partial charge in [0.2, 0.25) is 11.8 Å². The molecule has 1 aliphatic carbocycles. The van der Waals surface area contributed by atoms with Crippen LogP contribution < -0.4 is 16.4 Å². The van der Waals surface area contributed by atoms with Gasteiger partial charge in [-0.15, -0.1) is 0 Å². The molecule has 20 heavy (non-hydrogen) atoms. The fourth-order valence-corrected chi connectivity index (χ4v) is 2.27. The van der Waals surface area contributed by atoms with Crippen molar-refractivity contribution in [2.24, 2.45) is 5.73 Å². The first kappa shape index (κ1) is 16.9. The summed E-state index contributed by atoms with van der Waals surface area (Å²) in [7, 11) is -3.11. The summed E-state index contributed by atoms with van der Waals surface area (Å²) < 4.78 is 21.9. The maximum absolute atomic E-state index is 11.6. The summed E-state index contributed by atoms with van der Waals surface area (Å²) in [5.41, 5.74) is 5.58. The highest BCUT2D eigenvalue weighted by molar-refractivity contribution is 7.90. The van der Waals surface area contributed by atoms with Crippen LogP contribution in [0.15, 0.2) is 0 Å². The van der Waals surface area contributed by atoms with Crippen molar-refractivity contribution in [2.45, 2.75) is 44.2 Å². The molecule has 116 valence electrons. The van der Waals surface area contributed by atoms with Crippen LogP contribution in [0.5, 0.6) is 0 Å². The Balaban J connectivity index is 2.07. The summed E-state index contributed by atoms with van der Waals surface area (Å²) in [5, 5.41) is 5.46. The fourth-order valence-electron chi connectivity index (χ4n) is 1.59. The van der Waals surface area contributed by atoms with Crippen molar-refractivity contribution < 1.29 is 18.0 Å². The third-order valence-electron chi connectivity index (χ3n) is 2.96. The van der Waals surface area contributed by atoms with Gasteiger partial charge in [-0.1, -0.05) is 0 Å². The molecule has 0 saturated heterocycles. The van der Waals surface area contributed by atoms with Crippen LogP contribution >= 0.6 is 0 Å². The van der Waals surface area contributed by atoms with Crippen LogP contribution in [-0.2, 0) is 19.4 Å². The molecule has 0 aromatic rings. The fraction of sp³-hybridized carbons (Fsp3) is 0.833. The van der Waals surface area contributed by atoms with Gasteiger partial charge in [-0.2, -0.15) is 0 Å². The van der Waals surface area contributed by atoms with E-state index in [9.17, 15) is 18.0 Å². The summed E-state index contributed by atoms with van der Waals surface area (Å²) in [6.07, 6.45) is 4.23. The molecule has 1 fully saturated rings. The summed E-state index contributed by atoms with van der Waals surface area (Å²) in [5.74, 6) is -0.481. The summed E-state index contributed by atoms with van der Waals surface area (Å²) >= 11 is 0. The Labute approximate surface area is 119 Å². The number of sulfone groups is 1. The zero-order valence-corrected chi connectivity index (χ0v) is 12.5. The van der Waals surface area contributed by atoms with E-state index in [-0.39, 0.29) is 24.0 Å². The summed E-state index contributed by atoms with van der Waals surface area (Å²) in [6.45, 7) is 0.365. The zero-order valence-electron chi connectivity index (χ0n) is 11.7. The van der Waals surface area contributed by atoms with Crippen molar-refractivity contribution >= 4 is 21.7 Å². The molecule has 7 nitrogen and oxygen atoms in total. The van der Waals surface area contributed by atoms with E-state index in [0.29, 0.717) is 25.4 Å². The summed E-state index contributed by atoms with van der Waals surface area (Å²) in [6, 6.07) is -0.480. The van der Waals surface area contributed by atoms with Crippen molar-refractivity contribution in [3.63, 3.8) is 0 Å². The van der Waals surface area contributed by atoms with Gasteiger partial charge in [0.15, 0.2) is 0 Å². The van der Waals surface area contributed by atoms with Crippen molar-refractivity contribution in [3.8, 4) is 0 Å². The van der Waals surface area contributed by atoms with Gasteiger partial charge in [0.05, 0.1) is 11.8 Å². The minimum Gasteiger partial charge on any atom is -0.355 e. The summed E-state index contributed by atoms with van der Waals surface area (Å²) in [4.78, 5) is 22.9. The molecule has 0 heterocycles. The maximum atomic E-state index is 11.6. The second-order valence-electron chi connectivity index (χ2n) is 5.26. The number of hydrogen-bond donors (Lipinski definition) is 3. The van der Waals surface area contributed by atoms with Gasteiger partial charge in [0, 0.05) is 25.3 Å². The van der Waals surface area contributed by atoms with E-state index in [1.807, 2.05) is 0 Å². The first-order valence-corrected chi connectivity index (χ1v) is 8.84. The molecule has 0 aromatic heterocycles. The minimum absolute atomic E-state index is 0.00289. The van der Waals surface area contributed by atoms with E-state index >= 15 is 0 Å². The Kier molecular flexibility index (Phi) is 6.41. The first-order chi connectivity index (χ1) is 9.28. The van der Waals surface area contributed by atoms with Gasteiger partial charge in [-0.25, -0.2) is 8.42 Å². The third-order valence-corrected chi connectivity index (χ3v) is 3.94. The molecular formula is C12H23N3O4S. The monoisotopic (exact) mass is 305 g/mol. The molecule has 1 unspecified atom stereocenters. The van der Waals surface area contributed by atoms with E-state index in [2.05, 4.69) is 10.6 Å². The van der Waals surface area contributed by atoms with Gasteiger partial charge in [0.1, 0.15) is 9.84 Å². The van der Waals surface area contributed by atoms with Gasteiger partial charge in [-0.3, -0.25) is 9.59 Å². The first-order valence-electron chi connectivity index (χ1n) is 6.78. The van der Waals surface area contributed by atoms with Gasteiger partial charge in [0.25, 0.3) is 0 Å². The molecule has 1 aliphatic rings. The molecule has 0 spiro atoms. The van der Waals surface area contributed by atoms with Crippen molar-refractivity contribution in [2.75, 3.05) is 18.6 Å². The Morgan fingerprint density at radius 1 is 1.35 bits per heavy atom. The van der Waals surface area contributed by atoms with Gasteiger partial charge in [-0.05, 0) is 25.7 Å². The van der Waals surface area contributed by atoms with Crippen molar-refractivity contribution in [3.05, 3.63) is 0 Å². The van der Waals surface area contributed by atoms with Gasteiger partial charge >= 0.3 is 0 Å². The second-order valence-corrected chi connectivity index (χ2v) is 7.52. The number of nitrogens with two attached hydrogens (primary N) is 1. The molecule has 2 amide bonds. The average molecular weight is 305 g/mol. The average Bonchev–Trinajstić information content (AvgIpc) is 3.14. The zero-order chi connectivity index (χ0) is 15.2. The van der Waals surface area contributed by atoms with E-state index in [1.165, 1.54) is 0 Å². The van der Waals surface area contributed by atoms with Crippen LogP contribution in [0.1, 0.15) is 32.1 Å². The molecule has 0 aromatic carbocycles. The molecule has 4 N–H and O–H groups in total. The SMILES string of the molecule is CS(=O)(=O)CCC(N)C(=O)NCCCC(=O)NC1CC1. The van der Waals surface area contributed by atoms with Crippen LogP contribution in [0.4, 0.5) is 0 Å². The topological polar surface area (TPSA) is 118 Å². The number of hydrogen-bond acceptors (Lipinski definition) is 5. The highest BCUT2D eigenvalue weighted by atomic mass is 32.2. The smallest absolute Gasteiger partial charge is 0.236 e. The molecule has 1 rings (SSSR count). The minimum atomic E-state index is -3.11. The lowest BCUT2D eigenvalue weighted by Gasteiger charge is -2.11. The second kappa shape index (κ2) is 7.58. The molecule has 1 saturated carbocycles. The largest absolute Gasteiger partial charge is 0.355 e. The van der Waals surface area contributed by atoms with Crippen LogP contribution in [0.3, 0.4) is 0 Å². The normalized spacial score (nSPS) is 16.5. The van der Waals surface area contributed by atoms with Gasteiger partial charge < -0.3 is 16.4 Å². The lowest BCUT2D eigenvalue weighted by molar-refractivity contribution is -0.123. The van der Waals surface area contributed by atoms with E-state index in [1.54, 1.807) is 0 Å². The Bertz CT molecular complexity index is 446. The van der Waals surface area contributed by atoms with Crippen molar-refractivity contribution in [1.82, 2.24) is 10.6 Å². The van der Waals surface area contributed by atoms with Crippen LogP contribution in [-0.4, -0.2) is 50.9 Å². The lowest BCUT2D eigenvalue weighted by Crippen LogP contribution is -2.42. The molecular weight excluding hydrogens is 282 g/mol. The van der Waals surface area contributed by atoms with E-state index < -0.39 is 15.9 Å². The quantitative estimate of drug-likeness (QED) is 0.468. The standard InChI is InChI=1S/C12H23N3O4S/c1-20(18,19)8-6-10(13)12(17)14-7-2-3-11(16)15-9-4-5-9/h9-10H,2-8,13H2,1H3,(H,14,17)(H,15,16). The Morgan fingerprint density at radius 2 is 2.00 bits per heavy atom. The Morgan fingerprint density at radius 3 is 2.55 bits per heavy atom.